The lowest BCUT2D eigenvalue weighted by atomic mass is 10.1. The van der Waals surface area contributed by atoms with Gasteiger partial charge in [0, 0.05) is 19.1 Å². The van der Waals surface area contributed by atoms with Crippen LogP contribution in [-0.4, -0.2) is 32.2 Å². The van der Waals surface area contributed by atoms with Gasteiger partial charge in [-0.25, -0.2) is 0 Å². The minimum absolute atomic E-state index is 0.594. The molecule has 0 aromatic heterocycles. The van der Waals surface area contributed by atoms with Crippen molar-refractivity contribution in [2.24, 2.45) is 10.9 Å². The molecule has 2 N–H and O–H groups in total. The molecule has 1 aliphatic carbocycles. The number of guanidine groups is 1. The number of aryl methyl sites for hydroxylation is 1. The van der Waals surface area contributed by atoms with E-state index in [-0.39, 0.29) is 0 Å². The first-order chi connectivity index (χ1) is 10.1. The maximum atomic E-state index is 5.41. The Hall–Kier alpha value is -1.71. The van der Waals surface area contributed by atoms with E-state index in [4.69, 9.17) is 4.74 Å². The van der Waals surface area contributed by atoms with Crippen LogP contribution in [0.5, 0.6) is 5.75 Å². The van der Waals surface area contributed by atoms with Crippen molar-refractivity contribution in [3.8, 4) is 5.75 Å². The van der Waals surface area contributed by atoms with Crippen molar-refractivity contribution < 1.29 is 4.74 Å². The molecule has 0 heterocycles. The first-order valence-electron chi connectivity index (χ1n) is 7.82. The third-order valence-electron chi connectivity index (χ3n) is 3.86. The molecule has 0 saturated heterocycles. The van der Waals surface area contributed by atoms with E-state index >= 15 is 0 Å². The van der Waals surface area contributed by atoms with Gasteiger partial charge in [-0.3, -0.25) is 4.99 Å². The molecule has 1 fully saturated rings. The Balaban J connectivity index is 1.93. The summed E-state index contributed by atoms with van der Waals surface area (Å²) >= 11 is 0. The Kier molecular flexibility index (Phi) is 5.48. The molecular formula is C17H27N3O. The van der Waals surface area contributed by atoms with Crippen LogP contribution in [0.4, 0.5) is 0 Å². The molecule has 0 aliphatic heterocycles. The van der Waals surface area contributed by atoms with Crippen LogP contribution >= 0.6 is 0 Å². The molecule has 1 saturated carbocycles. The van der Waals surface area contributed by atoms with Gasteiger partial charge in [-0.05, 0) is 44.2 Å². The van der Waals surface area contributed by atoms with E-state index in [0.717, 1.165) is 37.1 Å². The van der Waals surface area contributed by atoms with Gasteiger partial charge in [-0.2, -0.15) is 0 Å². The fraction of sp³-hybridized carbons (Fsp3) is 0.588. The van der Waals surface area contributed by atoms with Crippen molar-refractivity contribution in [2.45, 2.75) is 39.7 Å². The molecule has 4 heteroatoms. The number of nitrogens with one attached hydrogen (secondary N) is 2. The van der Waals surface area contributed by atoms with Crippen molar-refractivity contribution in [3.63, 3.8) is 0 Å². The van der Waals surface area contributed by atoms with E-state index in [9.17, 15) is 0 Å². The van der Waals surface area contributed by atoms with Gasteiger partial charge in [0.05, 0.1) is 7.11 Å². The number of benzene rings is 1. The molecule has 2 unspecified atom stereocenters. The third kappa shape index (κ3) is 4.66. The monoisotopic (exact) mass is 289 g/mol. The minimum atomic E-state index is 0.594. The summed E-state index contributed by atoms with van der Waals surface area (Å²) < 4.78 is 5.41. The number of rotatable bonds is 6. The zero-order chi connectivity index (χ0) is 15.2. The molecule has 116 valence electrons. The number of ether oxygens (including phenoxy) is 1. The van der Waals surface area contributed by atoms with Crippen LogP contribution < -0.4 is 15.4 Å². The fourth-order valence-electron chi connectivity index (χ4n) is 2.41. The number of nitrogens with zero attached hydrogens (tertiary/aromatic N) is 1. The zero-order valence-corrected chi connectivity index (χ0v) is 13.6. The molecule has 0 amide bonds. The van der Waals surface area contributed by atoms with Gasteiger partial charge in [0.25, 0.3) is 0 Å². The van der Waals surface area contributed by atoms with Gasteiger partial charge < -0.3 is 15.4 Å². The molecule has 1 aliphatic rings. The largest absolute Gasteiger partial charge is 0.496 e. The van der Waals surface area contributed by atoms with Gasteiger partial charge in [0.1, 0.15) is 5.75 Å². The molecule has 0 radical (unpaired) electrons. The second kappa shape index (κ2) is 7.34. The van der Waals surface area contributed by atoms with Crippen LogP contribution in [0, 0.1) is 12.8 Å². The molecule has 0 spiro atoms. The summed E-state index contributed by atoms with van der Waals surface area (Å²) in [4.78, 5) is 4.67. The zero-order valence-electron chi connectivity index (χ0n) is 13.6. The standard InChI is InChI=1S/C17H27N3O/c1-5-18-17(20-15-11-13(15)3)19-9-8-14-10-12(2)6-7-16(14)21-4/h6-7,10,13,15H,5,8-9,11H2,1-4H3,(H2,18,19,20). The lowest BCUT2D eigenvalue weighted by molar-refractivity contribution is 0.409. The fourth-order valence-corrected chi connectivity index (χ4v) is 2.41. The summed E-state index contributed by atoms with van der Waals surface area (Å²) in [6.45, 7) is 8.11. The van der Waals surface area contributed by atoms with Crippen LogP contribution in [0.1, 0.15) is 31.4 Å². The van der Waals surface area contributed by atoms with E-state index < -0.39 is 0 Å². The molecule has 4 nitrogen and oxygen atoms in total. The third-order valence-corrected chi connectivity index (χ3v) is 3.86. The van der Waals surface area contributed by atoms with Crippen molar-refractivity contribution >= 4 is 5.96 Å². The Morgan fingerprint density at radius 3 is 2.81 bits per heavy atom. The van der Waals surface area contributed by atoms with E-state index in [0.29, 0.717) is 6.04 Å². The topological polar surface area (TPSA) is 45.7 Å². The molecule has 1 aromatic rings. The van der Waals surface area contributed by atoms with Crippen LogP contribution in [0.15, 0.2) is 23.2 Å². The molecule has 0 bridgehead atoms. The second-order valence-electron chi connectivity index (χ2n) is 5.79. The quantitative estimate of drug-likeness (QED) is 0.625. The summed E-state index contributed by atoms with van der Waals surface area (Å²) in [6.07, 6.45) is 2.14. The average molecular weight is 289 g/mol. The summed E-state index contributed by atoms with van der Waals surface area (Å²) in [5.74, 6) is 2.65. The highest BCUT2D eigenvalue weighted by molar-refractivity contribution is 5.80. The summed E-state index contributed by atoms with van der Waals surface area (Å²) in [6, 6.07) is 6.88. The first-order valence-corrected chi connectivity index (χ1v) is 7.82. The molecule has 2 rings (SSSR count). The molecule has 21 heavy (non-hydrogen) atoms. The highest BCUT2D eigenvalue weighted by Crippen LogP contribution is 2.28. The average Bonchev–Trinajstić information content (AvgIpc) is 3.14. The Morgan fingerprint density at radius 1 is 1.43 bits per heavy atom. The Bertz CT molecular complexity index is 499. The second-order valence-corrected chi connectivity index (χ2v) is 5.79. The molecule has 1 aromatic carbocycles. The number of hydrogen-bond donors (Lipinski definition) is 2. The smallest absolute Gasteiger partial charge is 0.191 e. The highest BCUT2D eigenvalue weighted by Gasteiger charge is 2.33. The van der Waals surface area contributed by atoms with Gasteiger partial charge in [-0.15, -0.1) is 0 Å². The van der Waals surface area contributed by atoms with Gasteiger partial charge >= 0.3 is 0 Å². The van der Waals surface area contributed by atoms with Crippen molar-refractivity contribution in [1.29, 1.82) is 0 Å². The van der Waals surface area contributed by atoms with Crippen LogP contribution in [0.2, 0.25) is 0 Å². The van der Waals surface area contributed by atoms with Gasteiger partial charge in [0.2, 0.25) is 0 Å². The first kappa shape index (κ1) is 15.7. The summed E-state index contributed by atoms with van der Waals surface area (Å²) in [7, 11) is 1.72. The Morgan fingerprint density at radius 2 is 2.19 bits per heavy atom. The lowest BCUT2D eigenvalue weighted by Crippen LogP contribution is -2.39. The van der Waals surface area contributed by atoms with Crippen LogP contribution in [0.25, 0.3) is 0 Å². The lowest BCUT2D eigenvalue weighted by Gasteiger charge is -2.12. The SMILES string of the molecule is CCNC(=NCCc1cc(C)ccc1OC)NC1CC1C. The maximum absolute atomic E-state index is 5.41. The predicted octanol–water partition coefficient (Wildman–Crippen LogP) is 2.51. The van der Waals surface area contributed by atoms with E-state index in [1.807, 2.05) is 6.07 Å². The minimum Gasteiger partial charge on any atom is -0.496 e. The predicted molar refractivity (Wildman–Crippen MR) is 88.1 cm³/mol. The number of hydrogen-bond acceptors (Lipinski definition) is 2. The van der Waals surface area contributed by atoms with Gasteiger partial charge in [-0.1, -0.05) is 24.6 Å². The van der Waals surface area contributed by atoms with Crippen molar-refractivity contribution in [2.75, 3.05) is 20.2 Å². The molecule has 2 atom stereocenters. The van der Waals surface area contributed by atoms with Crippen LogP contribution in [-0.2, 0) is 6.42 Å². The normalized spacial score (nSPS) is 21.0. The highest BCUT2D eigenvalue weighted by atomic mass is 16.5. The summed E-state index contributed by atoms with van der Waals surface area (Å²) in [5, 5.41) is 6.78. The van der Waals surface area contributed by atoms with E-state index in [1.165, 1.54) is 17.5 Å². The number of aliphatic imine (C=N–C) groups is 1. The summed E-state index contributed by atoms with van der Waals surface area (Å²) in [5.41, 5.74) is 2.48. The van der Waals surface area contributed by atoms with Crippen LogP contribution in [0.3, 0.4) is 0 Å². The Labute approximate surface area is 128 Å². The van der Waals surface area contributed by atoms with E-state index in [1.54, 1.807) is 7.11 Å². The maximum Gasteiger partial charge on any atom is 0.191 e. The van der Waals surface area contributed by atoms with Gasteiger partial charge in [0.15, 0.2) is 5.96 Å². The molecular weight excluding hydrogens is 262 g/mol. The van der Waals surface area contributed by atoms with E-state index in [2.05, 4.69) is 48.5 Å². The van der Waals surface area contributed by atoms with Crippen molar-refractivity contribution in [3.05, 3.63) is 29.3 Å². The number of methoxy groups -OCH3 is 1. The van der Waals surface area contributed by atoms with Crippen molar-refractivity contribution in [1.82, 2.24) is 10.6 Å².